The van der Waals surface area contributed by atoms with Gasteiger partial charge in [-0.25, -0.2) is 4.79 Å². The van der Waals surface area contributed by atoms with Crippen LogP contribution in [0.1, 0.15) is 53.9 Å². The first-order chi connectivity index (χ1) is 14.7. The van der Waals surface area contributed by atoms with Gasteiger partial charge in [0.05, 0.1) is 12.1 Å². The highest BCUT2D eigenvalue weighted by Gasteiger charge is 2.33. The van der Waals surface area contributed by atoms with Crippen LogP contribution in [-0.4, -0.2) is 75.3 Å². The summed E-state index contributed by atoms with van der Waals surface area (Å²) >= 11 is 0. The Morgan fingerprint density at radius 2 is 1.34 bits per heavy atom. The van der Waals surface area contributed by atoms with Crippen molar-refractivity contribution >= 4 is 29.7 Å². The van der Waals surface area contributed by atoms with Gasteiger partial charge in [0, 0.05) is 6.42 Å². The molecule has 32 heavy (non-hydrogen) atoms. The van der Waals surface area contributed by atoms with Crippen LogP contribution in [0.2, 0.25) is 0 Å². The van der Waals surface area contributed by atoms with Crippen molar-refractivity contribution in [1.82, 2.24) is 16.0 Å². The SMILES string of the molecule is CC(C)CC(NC(=O)C(NC(=O)C(N)CCC(=O)O)C(C)O)C(=O)NC(C(=O)O)C(C)C. The van der Waals surface area contributed by atoms with Crippen LogP contribution in [0.4, 0.5) is 0 Å². The molecule has 3 amide bonds. The van der Waals surface area contributed by atoms with Crippen molar-refractivity contribution in [3.8, 4) is 0 Å². The average molecular weight is 461 g/mol. The summed E-state index contributed by atoms with van der Waals surface area (Å²) in [5.41, 5.74) is 5.63. The van der Waals surface area contributed by atoms with E-state index in [1.54, 1.807) is 27.7 Å². The third-order valence-corrected chi connectivity index (χ3v) is 4.64. The van der Waals surface area contributed by atoms with Gasteiger partial charge in [-0.15, -0.1) is 0 Å². The Bertz CT molecular complexity index is 681. The number of nitrogens with two attached hydrogens (primary N) is 1. The average Bonchev–Trinajstić information content (AvgIpc) is 2.65. The Kier molecular flexibility index (Phi) is 12.5. The van der Waals surface area contributed by atoms with Crippen molar-refractivity contribution in [2.75, 3.05) is 0 Å². The van der Waals surface area contributed by atoms with Crippen LogP contribution < -0.4 is 21.7 Å². The second kappa shape index (κ2) is 13.6. The van der Waals surface area contributed by atoms with E-state index >= 15 is 0 Å². The lowest BCUT2D eigenvalue weighted by atomic mass is 10.00. The molecule has 12 heteroatoms. The summed E-state index contributed by atoms with van der Waals surface area (Å²) < 4.78 is 0. The fraction of sp³-hybridized carbons (Fsp3) is 0.750. The highest BCUT2D eigenvalue weighted by Crippen LogP contribution is 2.09. The molecule has 0 aliphatic carbocycles. The second-order valence-corrected chi connectivity index (χ2v) is 8.53. The van der Waals surface area contributed by atoms with Crippen molar-refractivity contribution in [1.29, 1.82) is 0 Å². The van der Waals surface area contributed by atoms with Crippen LogP contribution in [-0.2, 0) is 24.0 Å². The molecule has 0 spiro atoms. The van der Waals surface area contributed by atoms with E-state index in [4.69, 9.17) is 10.8 Å². The van der Waals surface area contributed by atoms with Gasteiger partial charge in [0.25, 0.3) is 0 Å². The van der Waals surface area contributed by atoms with Crippen LogP contribution in [0.25, 0.3) is 0 Å². The number of aliphatic hydroxyl groups excluding tert-OH is 1. The number of aliphatic hydroxyl groups is 1. The standard InChI is InChI=1S/C20H36N4O8/c1-9(2)8-13(18(29)23-15(10(3)4)20(31)32)22-19(30)16(11(5)25)24-17(28)12(21)6-7-14(26)27/h9-13,15-16,25H,6-8,21H2,1-5H3,(H,22,30)(H,23,29)(H,24,28)(H,26,27)(H,31,32). The molecule has 12 nitrogen and oxygen atoms in total. The summed E-state index contributed by atoms with van der Waals surface area (Å²) in [5.74, 6) is -5.20. The lowest BCUT2D eigenvalue weighted by Crippen LogP contribution is -2.60. The molecule has 0 saturated heterocycles. The van der Waals surface area contributed by atoms with Gasteiger partial charge in [0.1, 0.15) is 18.1 Å². The molecule has 0 aromatic heterocycles. The van der Waals surface area contributed by atoms with E-state index in [1.807, 2.05) is 0 Å². The molecule has 5 atom stereocenters. The molecular weight excluding hydrogens is 424 g/mol. The van der Waals surface area contributed by atoms with Gasteiger partial charge >= 0.3 is 11.9 Å². The normalized spacial score (nSPS) is 15.9. The first-order valence-electron chi connectivity index (χ1n) is 10.5. The van der Waals surface area contributed by atoms with E-state index < -0.39 is 65.8 Å². The molecule has 0 aliphatic heterocycles. The predicted octanol–water partition coefficient (Wildman–Crippen LogP) is -1.20. The minimum Gasteiger partial charge on any atom is -0.481 e. The lowest BCUT2D eigenvalue weighted by molar-refractivity contribution is -0.144. The molecule has 0 fully saturated rings. The number of hydrogen-bond donors (Lipinski definition) is 7. The van der Waals surface area contributed by atoms with E-state index in [2.05, 4.69) is 16.0 Å². The quantitative estimate of drug-likeness (QED) is 0.166. The number of hydrogen-bond acceptors (Lipinski definition) is 7. The molecule has 0 saturated carbocycles. The Morgan fingerprint density at radius 3 is 1.75 bits per heavy atom. The van der Waals surface area contributed by atoms with Crippen molar-refractivity contribution in [3.05, 3.63) is 0 Å². The van der Waals surface area contributed by atoms with Crippen LogP contribution in [0.3, 0.4) is 0 Å². The molecule has 184 valence electrons. The fourth-order valence-corrected chi connectivity index (χ4v) is 2.81. The number of carbonyl (C=O) groups is 5. The maximum Gasteiger partial charge on any atom is 0.326 e. The molecule has 0 aliphatic rings. The minimum absolute atomic E-state index is 0.0441. The van der Waals surface area contributed by atoms with Crippen LogP contribution >= 0.6 is 0 Å². The van der Waals surface area contributed by atoms with Crippen molar-refractivity contribution in [3.63, 3.8) is 0 Å². The zero-order valence-corrected chi connectivity index (χ0v) is 19.1. The summed E-state index contributed by atoms with van der Waals surface area (Å²) in [5, 5.41) is 35.1. The zero-order valence-electron chi connectivity index (χ0n) is 19.1. The highest BCUT2D eigenvalue weighted by atomic mass is 16.4. The lowest BCUT2D eigenvalue weighted by Gasteiger charge is -2.27. The number of amides is 3. The van der Waals surface area contributed by atoms with Gasteiger partial charge in [-0.05, 0) is 31.6 Å². The first kappa shape index (κ1) is 29.3. The van der Waals surface area contributed by atoms with Crippen LogP contribution in [0, 0.1) is 11.8 Å². The summed E-state index contributed by atoms with van der Waals surface area (Å²) in [7, 11) is 0. The molecule has 5 unspecified atom stereocenters. The maximum absolute atomic E-state index is 12.7. The number of aliphatic carboxylic acids is 2. The van der Waals surface area contributed by atoms with Crippen molar-refractivity contribution < 1.29 is 39.3 Å². The van der Waals surface area contributed by atoms with Crippen molar-refractivity contribution in [2.45, 2.75) is 84.2 Å². The van der Waals surface area contributed by atoms with E-state index in [-0.39, 0.29) is 25.2 Å². The third-order valence-electron chi connectivity index (χ3n) is 4.64. The topological polar surface area (TPSA) is 208 Å². The summed E-state index contributed by atoms with van der Waals surface area (Å²) in [6.45, 7) is 8.12. The summed E-state index contributed by atoms with van der Waals surface area (Å²) in [6.07, 6.45) is -1.69. The van der Waals surface area contributed by atoms with E-state index in [0.717, 1.165) is 0 Å². The van der Waals surface area contributed by atoms with Crippen LogP contribution in [0.5, 0.6) is 0 Å². The van der Waals surface area contributed by atoms with Gasteiger partial charge in [-0.2, -0.15) is 0 Å². The maximum atomic E-state index is 12.7. The number of rotatable bonds is 14. The third kappa shape index (κ3) is 10.5. The van der Waals surface area contributed by atoms with Crippen LogP contribution in [0.15, 0.2) is 0 Å². The second-order valence-electron chi connectivity index (χ2n) is 8.53. The number of carbonyl (C=O) groups excluding carboxylic acids is 3. The Balaban J connectivity index is 5.39. The number of carboxylic acid groups (broad SMARTS) is 2. The molecule has 0 radical (unpaired) electrons. The molecule has 0 heterocycles. The summed E-state index contributed by atoms with van der Waals surface area (Å²) in [6, 6.07) is -4.94. The Labute approximate surface area is 187 Å². The smallest absolute Gasteiger partial charge is 0.326 e. The van der Waals surface area contributed by atoms with E-state index in [9.17, 15) is 34.2 Å². The van der Waals surface area contributed by atoms with E-state index in [1.165, 1.54) is 6.92 Å². The van der Waals surface area contributed by atoms with Crippen molar-refractivity contribution in [2.24, 2.45) is 17.6 Å². The number of carboxylic acids is 2. The van der Waals surface area contributed by atoms with Gasteiger partial charge in [-0.3, -0.25) is 19.2 Å². The minimum atomic E-state index is -1.46. The molecule has 0 aromatic rings. The van der Waals surface area contributed by atoms with E-state index in [0.29, 0.717) is 0 Å². The Hall–Kier alpha value is -2.73. The largest absolute Gasteiger partial charge is 0.481 e. The molecule has 0 aromatic carbocycles. The molecule has 8 N–H and O–H groups in total. The van der Waals surface area contributed by atoms with Gasteiger partial charge in [0.2, 0.25) is 17.7 Å². The van der Waals surface area contributed by atoms with Gasteiger partial charge < -0.3 is 37.0 Å². The molecular formula is C20H36N4O8. The number of nitrogens with one attached hydrogen (secondary N) is 3. The zero-order chi connectivity index (χ0) is 25.2. The molecule has 0 bridgehead atoms. The summed E-state index contributed by atoms with van der Waals surface area (Å²) in [4.78, 5) is 59.7. The highest BCUT2D eigenvalue weighted by molar-refractivity contribution is 5.94. The predicted molar refractivity (Wildman–Crippen MR) is 114 cm³/mol. The monoisotopic (exact) mass is 460 g/mol. The Morgan fingerprint density at radius 1 is 0.812 bits per heavy atom. The van der Waals surface area contributed by atoms with Gasteiger partial charge in [0.15, 0.2) is 0 Å². The van der Waals surface area contributed by atoms with Gasteiger partial charge in [-0.1, -0.05) is 27.7 Å². The molecule has 0 rings (SSSR count). The fourth-order valence-electron chi connectivity index (χ4n) is 2.81. The first-order valence-corrected chi connectivity index (χ1v) is 10.5.